The number of nitrogens with zero attached hydrogens (tertiary/aromatic N) is 3. The maximum absolute atomic E-state index is 6.40. The van der Waals surface area contributed by atoms with Crippen molar-refractivity contribution in [3.8, 4) is 0 Å². The maximum Gasteiger partial charge on any atom is 0.159 e. The first-order chi connectivity index (χ1) is 15.9. The average Bonchev–Trinajstić information content (AvgIpc) is 3.26. The van der Waals surface area contributed by atoms with Gasteiger partial charge in [0.05, 0.1) is 25.6 Å². The summed E-state index contributed by atoms with van der Waals surface area (Å²) in [6.45, 7) is 1.36. The summed E-state index contributed by atoms with van der Waals surface area (Å²) >= 11 is 0. The molecule has 0 amide bonds. The zero-order valence-electron chi connectivity index (χ0n) is 18.1. The molecule has 0 N–H and O–H groups in total. The lowest BCUT2D eigenvalue weighted by atomic mass is 9.99. The number of rotatable bonds is 9. The van der Waals surface area contributed by atoms with Gasteiger partial charge in [-0.2, -0.15) is 0 Å². The molecule has 0 fully saturated rings. The maximum atomic E-state index is 6.40. The quantitative estimate of drug-likeness (QED) is 0.285. The van der Waals surface area contributed by atoms with Gasteiger partial charge in [-0.1, -0.05) is 72.8 Å². The van der Waals surface area contributed by atoms with Gasteiger partial charge in [0.2, 0.25) is 0 Å². The monoisotopic (exact) mass is 421 g/mol. The molecule has 3 aromatic carbocycles. The fourth-order valence-electron chi connectivity index (χ4n) is 4.30. The molecular weight excluding hydrogens is 394 g/mol. The summed E-state index contributed by atoms with van der Waals surface area (Å²) in [7, 11) is 0. The van der Waals surface area contributed by atoms with Crippen LogP contribution < -0.4 is 0 Å². The van der Waals surface area contributed by atoms with Crippen molar-refractivity contribution in [2.24, 2.45) is 0 Å². The van der Waals surface area contributed by atoms with Crippen LogP contribution in [0, 0.1) is 0 Å². The van der Waals surface area contributed by atoms with E-state index < -0.39 is 0 Å². The van der Waals surface area contributed by atoms with Gasteiger partial charge in [0.15, 0.2) is 5.65 Å². The van der Waals surface area contributed by atoms with Crippen molar-refractivity contribution in [3.63, 3.8) is 0 Å². The van der Waals surface area contributed by atoms with Crippen LogP contribution in [0.4, 0.5) is 0 Å². The van der Waals surface area contributed by atoms with Crippen LogP contribution in [-0.2, 0) is 24.3 Å². The number of hydrogen-bond donors (Lipinski definition) is 0. The Labute approximate surface area is 188 Å². The highest BCUT2D eigenvalue weighted by atomic mass is 16.5. The Hall–Kier alpha value is -3.50. The Morgan fingerprint density at radius 2 is 1.66 bits per heavy atom. The van der Waals surface area contributed by atoms with E-state index in [1.165, 1.54) is 21.9 Å². The molecule has 0 aliphatic carbocycles. The van der Waals surface area contributed by atoms with Gasteiger partial charge < -0.3 is 9.30 Å². The minimum Gasteiger partial charge on any atom is -0.372 e. The van der Waals surface area contributed by atoms with Gasteiger partial charge in [-0.3, -0.25) is 0 Å². The number of fused-ring (bicyclic) bond motifs is 2. The van der Waals surface area contributed by atoms with E-state index in [2.05, 4.69) is 81.3 Å². The van der Waals surface area contributed by atoms with E-state index in [0.717, 1.165) is 37.0 Å². The molecule has 0 saturated heterocycles. The highest BCUT2D eigenvalue weighted by molar-refractivity contribution is 5.85. The van der Waals surface area contributed by atoms with Crippen LogP contribution in [-0.4, -0.2) is 20.6 Å². The number of aromatic nitrogens is 3. The first kappa shape index (κ1) is 20.4. The third-order valence-electron chi connectivity index (χ3n) is 5.96. The second-order valence-electron chi connectivity index (χ2n) is 8.19. The lowest BCUT2D eigenvalue weighted by Crippen LogP contribution is -2.20. The fraction of sp³-hybridized carbons (Fsp3) is 0.214. The van der Waals surface area contributed by atoms with Crippen LogP contribution in [0.15, 0.2) is 97.5 Å². The van der Waals surface area contributed by atoms with Gasteiger partial charge in [-0.25, -0.2) is 9.97 Å². The topological polar surface area (TPSA) is 39.9 Å². The van der Waals surface area contributed by atoms with Crippen molar-refractivity contribution in [2.75, 3.05) is 0 Å². The van der Waals surface area contributed by atoms with Crippen molar-refractivity contribution < 1.29 is 4.74 Å². The van der Waals surface area contributed by atoms with Crippen LogP contribution in [0.2, 0.25) is 0 Å². The highest BCUT2D eigenvalue weighted by Gasteiger charge is 2.14. The molecule has 1 atom stereocenters. The first-order valence-electron chi connectivity index (χ1n) is 11.2. The lowest BCUT2D eigenvalue weighted by molar-refractivity contribution is 0.0232. The average molecular weight is 422 g/mol. The summed E-state index contributed by atoms with van der Waals surface area (Å²) in [5.41, 5.74) is 4.43. The zero-order valence-corrected chi connectivity index (χ0v) is 18.1. The van der Waals surface area contributed by atoms with E-state index >= 15 is 0 Å². The summed E-state index contributed by atoms with van der Waals surface area (Å²) < 4.78 is 8.51. The summed E-state index contributed by atoms with van der Waals surface area (Å²) in [4.78, 5) is 9.02. The van der Waals surface area contributed by atoms with E-state index in [1.54, 1.807) is 0 Å². The van der Waals surface area contributed by atoms with Crippen LogP contribution in [0.1, 0.15) is 24.0 Å². The largest absolute Gasteiger partial charge is 0.372 e. The van der Waals surface area contributed by atoms with Gasteiger partial charge in [0, 0.05) is 6.20 Å². The van der Waals surface area contributed by atoms with Gasteiger partial charge in [0.25, 0.3) is 0 Å². The van der Waals surface area contributed by atoms with Crippen LogP contribution in [0.5, 0.6) is 0 Å². The number of hydrogen-bond acceptors (Lipinski definition) is 3. The number of aryl methyl sites for hydroxylation is 1. The molecule has 0 aliphatic heterocycles. The molecule has 5 aromatic rings. The first-order valence-corrected chi connectivity index (χ1v) is 11.2. The molecule has 2 heterocycles. The summed E-state index contributed by atoms with van der Waals surface area (Å²) in [6, 6.07) is 29.5. The molecule has 0 bridgehead atoms. The standard InChI is InChI=1S/C28H27N3O/c1-2-9-22(10-3-1)20-32-25(19-31-21-30-27-17-8-18-29-28(27)31)15-7-14-24-13-6-12-23-11-4-5-16-26(23)24/h1-6,8-13,16-18,21,25H,7,14-15,19-20H2/t25-/m0/s1. The van der Waals surface area contributed by atoms with E-state index in [4.69, 9.17) is 4.74 Å². The predicted octanol–water partition coefficient (Wildman–Crippen LogP) is 6.19. The van der Waals surface area contributed by atoms with E-state index in [1.807, 2.05) is 30.7 Å². The highest BCUT2D eigenvalue weighted by Crippen LogP contribution is 2.21. The zero-order chi connectivity index (χ0) is 21.6. The van der Waals surface area contributed by atoms with Gasteiger partial charge in [0.1, 0.15) is 5.52 Å². The fourth-order valence-corrected chi connectivity index (χ4v) is 4.30. The van der Waals surface area contributed by atoms with E-state index in [0.29, 0.717) is 6.61 Å². The van der Waals surface area contributed by atoms with Gasteiger partial charge >= 0.3 is 0 Å². The number of imidazole rings is 1. The summed E-state index contributed by atoms with van der Waals surface area (Å²) in [6.07, 6.45) is 6.86. The Morgan fingerprint density at radius 1 is 0.812 bits per heavy atom. The molecule has 160 valence electrons. The molecule has 2 aromatic heterocycles. The number of pyridine rings is 1. The number of ether oxygens (including phenoxy) is 1. The summed E-state index contributed by atoms with van der Waals surface area (Å²) in [5.74, 6) is 0. The Bertz CT molecular complexity index is 1290. The Kier molecular flexibility index (Phi) is 6.22. The van der Waals surface area contributed by atoms with Gasteiger partial charge in [-0.05, 0) is 53.3 Å². The predicted molar refractivity (Wildman–Crippen MR) is 129 cm³/mol. The van der Waals surface area contributed by atoms with Crippen molar-refractivity contribution in [1.29, 1.82) is 0 Å². The van der Waals surface area contributed by atoms with Crippen LogP contribution in [0.3, 0.4) is 0 Å². The third kappa shape index (κ3) is 4.71. The van der Waals surface area contributed by atoms with E-state index in [9.17, 15) is 0 Å². The molecule has 4 heteroatoms. The Morgan fingerprint density at radius 3 is 2.59 bits per heavy atom. The van der Waals surface area contributed by atoms with Gasteiger partial charge in [-0.15, -0.1) is 0 Å². The summed E-state index contributed by atoms with van der Waals surface area (Å²) in [5, 5.41) is 2.65. The second kappa shape index (κ2) is 9.75. The van der Waals surface area contributed by atoms with Crippen LogP contribution >= 0.6 is 0 Å². The van der Waals surface area contributed by atoms with Crippen molar-refractivity contribution in [1.82, 2.24) is 14.5 Å². The minimum atomic E-state index is 0.0876. The SMILES string of the molecule is c1ccc(CO[C@@H](CCCc2cccc3ccccc23)Cn2cnc3cccnc32)cc1. The normalized spacial score (nSPS) is 12.4. The molecule has 0 saturated carbocycles. The molecule has 4 nitrogen and oxygen atoms in total. The van der Waals surface area contributed by atoms with Crippen molar-refractivity contribution in [2.45, 2.75) is 38.5 Å². The Balaban J connectivity index is 1.29. The van der Waals surface area contributed by atoms with Crippen molar-refractivity contribution in [3.05, 3.63) is 109 Å². The third-order valence-corrected chi connectivity index (χ3v) is 5.96. The molecule has 5 rings (SSSR count). The number of benzene rings is 3. The van der Waals surface area contributed by atoms with Crippen LogP contribution in [0.25, 0.3) is 21.9 Å². The molecule has 0 unspecified atom stereocenters. The second-order valence-corrected chi connectivity index (χ2v) is 8.19. The smallest absolute Gasteiger partial charge is 0.159 e. The van der Waals surface area contributed by atoms with E-state index in [-0.39, 0.29) is 6.10 Å². The molecule has 0 aliphatic rings. The molecule has 32 heavy (non-hydrogen) atoms. The molecule has 0 radical (unpaired) electrons. The molecular formula is C28H27N3O. The van der Waals surface area contributed by atoms with Crippen molar-refractivity contribution >= 4 is 21.9 Å². The molecule has 0 spiro atoms. The lowest BCUT2D eigenvalue weighted by Gasteiger charge is -2.19. The minimum absolute atomic E-state index is 0.0876.